The van der Waals surface area contributed by atoms with Gasteiger partial charge >= 0.3 is 0 Å². The van der Waals surface area contributed by atoms with Gasteiger partial charge in [0, 0.05) is 12.5 Å². The van der Waals surface area contributed by atoms with Crippen molar-refractivity contribution in [3.05, 3.63) is 18.3 Å². The van der Waals surface area contributed by atoms with Gasteiger partial charge in [0.05, 0.1) is 11.9 Å². The molecule has 1 aromatic rings. The minimum Gasteiger partial charge on any atom is -0.367 e. The van der Waals surface area contributed by atoms with Crippen molar-refractivity contribution >= 4 is 17.4 Å². The Kier molecular flexibility index (Phi) is 3.96. The number of aromatic nitrogens is 1. The first-order valence-corrected chi connectivity index (χ1v) is 6.30. The number of nitrogens with zero attached hydrogens (tertiary/aromatic N) is 1. The lowest BCUT2D eigenvalue weighted by Crippen LogP contribution is -2.11. The second-order valence-electron chi connectivity index (χ2n) is 4.50. The van der Waals surface area contributed by atoms with Crippen molar-refractivity contribution in [1.29, 1.82) is 0 Å². The summed E-state index contributed by atoms with van der Waals surface area (Å²) in [6, 6.07) is 4.41. The molecule has 1 heterocycles. The molecule has 0 atom stereocenters. The van der Waals surface area contributed by atoms with Crippen LogP contribution in [0.2, 0.25) is 0 Å². The molecule has 0 spiro atoms. The van der Waals surface area contributed by atoms with Crippen LogP contribution in [-0.4, -0.2) is 16.9 Å². The molecule has 1 aromatic heterocycles. The molecule has 4 heteroatoms. The first-order chi connectivity index (χ1) is 8.28. The van der Waals surface area contributed by atoms with E-state index in [9.17, 15) is 4.79 Å². The van der Waals surface area contributed by atoms with Gasteiger partial charge in [-0.15, -0.1) is 0 Å². The normalized spacial score (nSPS) is 14.4. The second kappa shape index (κ2) is 5.66. The van der Waals surface area contributed by atoms with Crippen LogP contribution < -0.4 is 10.6 Å². The van der Waals surface area contributed by atoms with E-state index in [2.05, 4.69) is 22.5 Å². The molecule has 17 heavy (non-hydrogen) atoms. The summed E-state index contributed by atoms with van der Waals surface area (Å²) in [6.45, 7) is 2.08. The zero-order valence-electron chi connectivity index (χ0n) is 10.2. The van der Waals surface area contributed by atoms with Gasteiger partial charge < -0.3 is 10.6 Å². The molecule has 1 aliphatic rings. The number of unbranched alkanes of at least 4 members (excludes halogenated alkanes) is 1. The van der Waals surface area contributed by atoms with E-state index in [1.165, 1.54) is 12.8 Å². The van der Waals surface area contributed by atoms with Crippen LogP contribution in [0.4, 0.5) is 11.5 Å². The molecule has 0 bridgehead atoms. The third kappa shape index (κ3) is 4.06. The molecule has 92 valence electrons. The number of amides is 1. The standard InChI is InChI=1S/C13H19N3O/c1-2-3-4-13(17)16-11-7-8-12(14-9-11)15-10-5-6-10/h7-10H,2-6H2,1H3,(H,14,15)(H,16,17). The fourth-order valence-corrected chi connectivity index (χ4v) is 1.55. The van der Waals surface area contributed by atoms with Gasteiger partial charge in [0.25, 0.3) is 0 Å². The fourth-order valence-electron chi connectivity index (χ4n) is 1.55. The highest BCUT2D eigenvalue weighted by molar-refractivity contribution is 5.90. The molecule has 1 amide bonds. The van der Waals surface area contributed by atoms with Crippen LogP contribution in [0.25, 0.3) is 0 Å². The Morgan fingerprint density at radius 2 is 2.29 bits per heavy atom. The summed E-state index contributed by atoms with van der Waals surface area (Å²) in [4.78, 5) is 15.8. The topological polar surface area (TPSA) is 54.0 Å². The van der Waals surface area contributed by atoms with Crippen LogP contribution in [0.3, 0.4) is 0 Å². The molecular formula is C13H19N3O. The van der Waals surface area contributed by atoms with Gasteiger partial charge in [0.1, 0.15) is 5.82 Å². The van der Waals surface area contributed by atoms with Crippen LogP contribution in [0.15, 0.2) is 18.3 Å². The molecule has 0 aromatic carbocycles. The predicted molar refractivity (Wildman–Crippen MR) is 69.0 cm³/mol. The molecule has 0 saturated heterocycles. The lowest BCUT2D eigenvalue weighted by Gasteiger charge is -2.06. The lowest BCUT2D eigenvalue weighted by molar-refractivity contribution is -0.116. The summed E-state index contributed by atoms with van der Waals surface area (Å²) in [5.41, 5.74) is 0.771. The smallest absolute Gasteiger partial charge is 0.224 e. The lowest BCUT2D eigenvalue weighted by atomic mass is 10.2. The molecule has 1 fully saturated rings. The van der Waals surface area contributed by atoms with Crippen LogP contribution in [-0.2, 0) is 4.79 Å². The van der Waals surface area contributed by atoms with Gasteiger partial charge in [-0.1, -0.05) is 13.3 Å². The highest BCUT2D eigenvalue weighted by atomic mass is 16.1. The summed E-state index contributed by atoms with van der Waals surface area (Å²) in [5.74, 6) is 0.954. The molecule has 4 nitrogen and oxygen atoms in total. The molecular weight excluding hydrogens is 214 g/mol. The Hall–Kier alpha value is -1.58. The van der Waals surface area contributed by atoms with Gasteiger partial charge in [0.15, 0.2) is 0 Å². The van der Waals surface area contributed by atoms with Crippen LogP contribution >= 0.6 is 0 Å². The number of anilines is 2. The Labute approximate surface area is 102 Å². The Balaban J connectivity index is 1.82. The third-order valence-corrected chi connectivity index (χ3v) is 2.73. The number of carbonyl (C=O) groups is 1. The van der Waals surface area contributed by atoms with E-state index < -0.39 is 0 Å². The van der Waals surface area contributed by atoms with Gasteiger partial charge in [0.2, 0.25) is 5.91 Å². The molecule has 2 rings (SSSR count). The summed E-state index contributed by atoms with van der Waals surface area (Å²) < 4.78 is 0. The Morgan fingerprint density at radius 3 is 2.88 bits per heavy atom. The summed E-state index contributed by atoms with van der Waals surface area (Å²) >= 11 is 0. The zero-order chi connectivity index (χ0) is 12.1. The second-order valence-corrected chi connectivity index (χ2v) is 4.50. The maximum Gasteiger partial charge on any atom is 0.224 e. The average Bonchev–Trinajstić information content (AvgIpc) is 3.13. The van der Waals surface area contributed by atoms with Gasteiger partial charge in [-0.25, -0.2) is 4.98 Å². The maximum atomic E-state index is 11.5. The average molecular weight is 233 g/mol. The van der Waals surface area contributed by atoms with E-state index in [1.807, 2.05) is 12.1 Å². The number of carbonyl (C=O) groups excluding carboxylic acids is 1. The minimum atomic E-state index is 0.0663. The van der Waals surface area contributed by atoms with Crippen LogP contribution in [0, 0.1) is 0 Å². The molecule has 2 N–H and O–H groups in total. The van der Waals surface area contributed by atoms with Crippen molar-refractivity contribution in [2.75, 3.05) is 10.6 Å². The Morgan fingerprint density at radius 1 is 1.47 bits per heavy atom. The van der Waals surface area contributed by atoms with Crippen molar-refractivity contribution in [3.8, 4) is 0 Å². The van der Waals surface area contributed by atoms with E-state index in [0.29, 0.717) is 12.5 Å². The number of pyridine rings is 1. The number of hydrogen-bond acceptors (Lipinski definition) is 3. The third-order valence-electron chi connectivity index (χ3n) is 2.73. The van der Waals surface area contributed by atoms with E-state index in [0.717, 1.165) is 24.3 Å². The van der Waals surface area contributed by atoms with Crippen molar-refractivity contribution in [2.24, 2.45) is 0 Å². The minimum absolute atomic E-state index is 0.0663. The van der Waals surface area contributed by atoms with Gasteiger partial charge in [-0.05, 0) is 31.4 Å². The molecule has 0 unspecified atom stereocenters. The zero-order valence-corrected chi connectivity index (χ0v) is 10.2. The fraction of sp³-hybridized carbons (Fsp3) is 0.538. The van der Waals surface area contributed by atoms with Gasteiger partial charge in [-0.3, -0.25) is 4.79 Å². The van der Waals surface area contributed by atoms with E-state index >= 15 is 0 Å². The summed E-state index contributed by atoms with van der Waals surface area (Å²) in [6.07, 6.45) is 6.72. The predicted octanol–water partition coefficient (Wildman–Crippen LogP) is 2.78. The monoisotopic (exact) mass is 233 g/mol. The summed E-state index contributed by atoms with van der Waals surface area (Å²) in [7, 11) is 0. The van der Waals surface area contributed by atoms with E-state index in [1.54, 1.807) is 6.20 Å². The maximum absolute atomic E-state index is 11.5. The van der Waals surface area contributed by atoms with E-state index in [4.69, 9.17) is 0 Å². The Bertz CT molecular complexity index is 371. The number of nitrogens with one attached hydrogen (secondary N) is 2. The van der Waals surface area contributed by atoms with Crippen molar-refractivity contribution in [3.63, 3.8) is 0 Å². The van der Waals surface area contributed by atoms with Gasteiger partial charge in [-0.2, -0.15) is 0 Å². The summed E-state index contributed by atoms with van der Waals surface area (Å²) in [5, 5.41) is 6.15. The first-order valence-electron chi connectivity index (χ1n) is 6.30. The quantitative estimate of drug-likeness (QED) is 0.794. The number of hydrogen-bond donors (Lipinski definition) is 2. The van der Waals surface area contributed by atoms with E-state index in [-0.39, 0.29) is 5.91 Å². The van der Waals surface area contributed by atoms with Crippen LogP contribution in [0.1, 0.15) is 39.0 Å². The molecule has 0 radical (unpaired) electrons. The largest absolute Gasteiger partial charge is 0.367 e. The first kappa shape index (κ1) is 11.9. The van der Waals surface area contributed by atoms with Crippen molar-refractivity contribution < 1.29 is 4.79 Å². The molecule has 1 saturated carbocycles. The van der Waals surface area contributed by atoms with Crippen molar-refractivity contribution in [2.45, 2.75) is 45.1 Å². The molecule has 0 aliphatic heterocycles. The highest BCUT2D eigenvalue weighted by Crippen LogP contribution is 2.23. The molecule has 1 aliphatic carbocycles. The number of rotatable bonds is 6. The van der Waals surface area contributed by atoms with Crippen LogP contribution in [0.5, 0.6) is 0 Å². The van der Waals surface area contributed by atoms with Crippen molar-refractivity contribution in [1.82, 2.24) is 4.98 Å². The highest BCUT2D eigenvalue weighted by Gasteiger charge is 2.20. The SMILES string of the molecule is CCCCC(=O)Nc1ccc(NC2CC2)nc1.